The zero-order chi connectivity index (χ0) is 18.5. The van der Waals surface area contributed by atoms with Crippen LogP contribution in [0.2, 0.25) is 0 Å². The number of fused-ring (bicyclic) bond motifs is 1. The molecule has 0 aliphatic carbocycles. The van der Waals surface area contributed by atoms with Crippen LogP contribution in [0, 0.1) is 0 Å². The Balaban J connectivity index is 1.66. The molecule has 138 valence electrons. The monoisotopic (exact) mass is 359 g/mol. The molecule has 0 saturated carbocycles. The highest BCUT2D eigenvalue weighted by atomic mass is 16.5. The standard InChI is InChI=1S/C18H21N3O5/c1-3-25-12-4-6-13(7-5-12)26-10-17(22)21-9-15-14(19-11-20-15)8-16(21)18(23)24-2/h4-7,11,16H,3,8-10H2,1-2H3,(H,19,20). The SMILES string of the molecule is CCOc1ccc(OCC(=O)N2Cc3[nH]cnc3CC2C(=O)OC)cc1. The van der Waals surface area contributed by atoms with Crippen molar-refractivity contribution in [1.29, 1.82) is 0 Å². The number of carbonyl (C=O) groups excluding carboxylic acids is 2. The Kier molecular flexibility index (Phi) is 5.40. The first-order valence-corrected chi connectivity index (χ1v) is 8.36. The van der Waals surface area contributed by atoms with Crippen molar-refractivity contribution >= 4 is 11.9 Å². The first-order valence-electron chi connectivity index (χ1n) is 8.36. The Morgan fingerprint density at radius 2 is 1.92 bits per heavy atom. The van der Waals surface area contributed by atoms with Crippen molar-refractivity contribution in [3.05, 3.63) is 42.0 Å². The number of amides is 1. The summed E-state index contributed by atoms with van der Waals surface area (Å²) in [4.78, 5) is 33.4. The molecule has 1 atom stereocenters. The van der Waals surface area contributed by atoms with Crippen LogP contribution in [0.4, 0.5) is 0 Å². The Bertz CT molecular complexity index is 771. The number of methoxy groups -OCH3 is 1. The number of nitrogens with one attached hydrogen (secondary N) is 1. The van der Waals surface area contributed by atoms with Crippen molar-refractivity contribution in [2.75, 3.05) is 20.3 Å². The number of carbonyl (C=O) groups is 2. The number of H-pyrrole nitrogens is 1. The van der Waals surface area contributed by atoms with Crippen LogP contribution in [-0.4, -0.2) is 53.1 Å². The molecular formula is C18H21N3O5. The number of ether oxygens (including phenoxy) is 3. The third-order valence-electron chi connectivity index (χ3n) is 4.19. The predicted molar refractivity (Wildman–Crippen MR) is 91.8 cm³/mol. The summed E-state index contributed by atoms with van der Waals surface area (Å²) in [5.41, 5.74) is 1.59. The van der Waals surface area contributed by atoms with Gasteiger partial charge in [-0.15, -0.1) is 0 Å². The van der Waals surface area contributed by atoms with Gasteiger partial charge in [0.15, 0.2) is 6.61 Å². The van der Waals surface area contributed by atoms with E-state index >= 15 is 0 Å². The van der Waals surface area contributed by atoms with Gasteiger partial charge in [0.05, 0.1) is 38.0 Å². The van der Waals surface area contributed by atoms with E-state index in [1.807, 2.05) is 6.92 Å². The molecule has 2 aromatic rings. The maximum atomic E-state index is 12.6. The van der Waals surface area contributed by atoms with Gasteiger partial charge in [-0.25, -0.2) is 9.78 Å². The topological polar surface area (TPSA) is 93.8 Å². The lowest BCUT2D eigenvalue weighted by Gasteiger charge is -2.33. The van der Waals surface area contributed by atoms with Crippen LogP contribution >= 0.6 is 0 Å². The molecule has 1 aromatic heterocycles. The smallest absolute Gasteiger partial charge is 0.329 e. The summed E-state index contributed by atoms with van der Waals surface area (Å²) < 4.78 is 15.8. The third-order valence-corrected chi connectivity index (χ3v) is 4.19. The van der Waals surface area contributed by atoms with Gasteiger partial charge in [-0.3, -0.25) is 4.79 Å². The highest BCUT2D eigenvalue weighted by Crippen LogP contribution is 2.22. The molecule has 1 aliphatic heterocycles. The normalized spacial score (nSPS) is 15.9. The molecule has 0 spiro atoms. The van der Waals surface area contributed by atoms with Crippen molar-refractivity contribution in [2.45, 2.75) is 25.9 Å². The molecule has 0 fully saturated rings. The fourth-order valence-electron chi connectivity index (χ4n) is 2.87. The van der Waals surface area contributed by atoms with Crippen LogP contribution in [0.15, 0.2) is 30.6 Å². The number of imidazole rings is 1. The largest absolute Gasteiger partial charge is 0.494 e. The van der Waals surface area contributed by atoms with Gasteiger partial charge in [-0.05, 0) is 31.2 Å². The number of esters is 1. The van der Waals surface area contributed by atoms with Crippen molar-refractivity contribution < 1.29 is 23.8 Å². The second-order valence-corrected chi connectivity index (χ2v) is 5.79. The highest BCUT2D eigenvalue weighted by Gasteiger charge is 2.36. The molecule has 8 heteroatoms. The minimum absolute atomic E-state index is 0.176. The van der Waals surface area contributed by atoms with E-state index in [9.17, 15) is 9.59 Å². The lowest BCUT2D eigenvalue weighted by molar-refractivity contribution is -0.154. The molecule has 0 radical (unpaired) electrons. The average molecular weight is 359 g/mol. The fraction of sp³-hybridized carbons (Fsp3) is 0.389. The fourth-order valence-corrected chi connectivity index (χ4v) is 2.87. The molecule has 1 N–H and O–H groups in total. The molecule has 0 saturated heterocycles. The summed E-state index contributed by atoms with van der Waals surface area (Å²) in [6, 6.07) is 6.32. The van der Waals surface area contributed by atoms with E-state index in [1.165, 1.54) is 12.0 Å². The molecular weight excluding hydrogens is 338 g/mol. The average Bonchev–Trinajstić information content (AvgIpc) is 3.13. The number of aromatic nitrogens is 2. The molecule has 26 heavy (non-hydrogen) atoms. The number of nitrogens with zero attached hydrogens (tertiary/aromatic N) is 2. The van der Waals surface area contributed by atoms with E-state index in [0.717, 1.165) is 17.1 Å². The number of rotatable bonds is 6. The van der Waals surface area contributed by atoms with Crippen molar-refractivity contribution in [3.63, 3.8) is 0 Å². The predicted octanol–water partition coefficient (Wildman–Crippen LogP) is 1.31. The molecule has 1 aromatic carbocycles. The Morgan fingerprint density at radius 3 is 2.58 bits per heavy atom. The van der Waals surface area contributed by atoms with E-state index in [0.29, 0.717) is 18.8 Å². The maximum absolute atomic E-state index is 12.6. The van der Waals surface area contributed by atoms with Crippen LogP contribution in [0.1, 0.15) is 18.3 Å². The first kappa shape index (κ1) is 17.8. The Labute approximate surface area is 151 Å². The second kappa shape index (κ2) is 7.90. The lowest BCUT2D eigenvalue weighted by atomic mass is 10.0. The molecule has 8 nitrogen and oxygen atoms in total. The summed E-state index contributed by atoms with van der Waals surface area (Å²) in [6.07, 6.45) is 1.88. The Hall–Kier alpha value is -3.03. The van der Waals surface area contributed by atoms with E-state index in [4.69, 9.17) is 14.2 Å². The van der Waals surface area contributed by atoms with Gasteiger partial charge in [0.25, 0.3) is 5.91 Å². The van der Waals surface area contributed by atoms with E-state index in [-0.39, 0.29) is 19.1 Å². The van der Waals surface area contributed by atoms with Crippen molar-refractivity contribution in [2.24, 2.45) is 0 Å². The third kappa shape index (κ3) is 3.79. The zero-order valence-corrected chi connectivity index (χ0v) is 14.7. The number of hydrogen-bond donors (Lipinski definition) is 1. The van der Waals surface area contributed by atoms with Crippen molar-refractivity contribution in [3.8, 4) is 11.5 Å². The van der Waals surface area contributed by atoms with Gasteiger partial charge in [0, 0.05) is 6.42 Å². The highest BCUT2D eigenvalue weighted by molar-refractivity contribution is 5.86. The van der Waals surface area contributed by atoms with Gasteiger partial charge < -0.3 is 24.1 Å². The minimum atomic E-state index is -0.702. The number of aromatic amines is 1. The van der Waals surface area contributed by atoms with Gasteiger partial charge in [-0.1, -0.05) is 0 Å². The van der Waals surface area contributed by atoms with Crippen molar-refractivity contribution in [1.82, 2.24) is 14.9 Å². The van der Waals surface area contributed by atoms with E-state index in [1.54, 1.807) is 30.6 Å². The van der Waals surface area contributed by atoms with Crippen LogP contribution in [0.3, 0.4) is 0 Å². The molecule has 2 heterocycles. The molecule has 1 unspecified atom stereocenters. The van der Waals surface area contributed by atoms with Crippen LogP contribution in [0.25, 0.3) is 0 Å². The van der Waals surface area contributed by atoms with Gasteiger partial charge in [0.1, 0.15) is 17.5 Å². The molecule has 3 rings (SSSR count). The molecule has 1 amide bonds. The summed E-state index contributed by atoms with van der Waals surface area (Å²) in [5.74, 6) is 0.526. The Morgan fingerprint density at radius 1 is 1.23 bits per heavy atom. The van der Waals surface area contributed by atoms with E-state index in [2.05, 4.69) is 9.97 Å². The van der Waals surface area contributed by atoms with E-state index < -0.39 is 12.0 Å². The van der Waals surface area contributed by atoms with Gasteiger partial charge >= 0.3 is 5.97 Å². The quantitative estimate of drug-likeness (QED) is 0.782. The number of hydrogen-bond acceptors (Lipinski definition) is 6. The summed E-state index contributed by atoms with van der Waals surface area (Å²) in [7, 11) is 1.31. The van der Waals surface area contributed by atoms with Crippen LogP contribution in [-0.2, 0) is 27.3 Å². The lowest BCUT2D eigenvalue weighted by Crippen LogP contribution is -2.50. The first-order chi connectivity index (χ1) is 12.6. The zero-order valence-electron chi connectivity index (χ0n) is 14.7. The second-order valence-electron chi connectivity index (χ2n) is 5.79. The number of benzene rings is 1. The summed E-state index contributed by atoms with van der Waals surface area (Å²) >= 11 is 0. The summed E-state index contributed by atoms with van der Waals surface area (Å²) in [6.45, 7) is 2.58. The van der Waals surface area contributed by atoms with Crippen LogP contribution < -0.4 is 9.47 Å². The molecule has 1 aliphatic rings. The van der Waals surface area contributed by atoms with Crippen LogP contribution in [0.5, 0.6) is 11.5 Å². The summed E-state index contributed by atoms with van der Waals surface area (Å²) in [5, 5.41) is 0. The maximum Gasteiger partial charge on any atom is 0.329 e. The van der Waals surface area contributed by atoms with Gasteiger partial charge in [-0.2, -0.15) is 0 Å². The molecule has 0 bridgehead atoms. The van der Waals surface area contributed by atoms with Gasteiger partial charge in [0.2, 0.25) is 0 Å². The minimum Gasteiger partial charge on any atom is -0.494 e.